The highest BCUT2D eigenvalue weighted by Crippen LogP contribution is 2.24. The van der Waals surface area contributed by atoms with Crippen LogP contribution in [0.3, 0.4) is 0 Å². The van der Waals surface area contributed by atoms with Gasteiger partial charge in [-0.1, -0.05) is 31.4 Å². The van der Waals surface area contributed by atoms with Crippen LogP contribution in [0.5, 0.6) is 5.75 Å². The Balaban J connectivity index is 1.88. The molecular weight excluding hydrogens is 370 g/mol. The Morgan fingerprint density at radius 2 is 1.79 bits per heavy atom. The summed E-state index contributed by atoms with van der Waals surface area (Å²) in [6.45, 7) is 2.51. The number of benzene rings is 1. The number of nitrogens with one attached hydrogen (secondary N) is 1. The molecule has 2 N–H and O–H groups in total. The van der Waals surface area contributed by atoms with Crippen molar-refractivity contribution >= 4 is 17.1 Å². The molecule has 0 amide bonds. The van der Waals surface area contributed by atoms with Crippen LogP contribution >= 0.6 is 0 Å². The molecule has 0 aliphatic heterocycles. The van der Waals surface area contributed by atoms with Gasteiger partial charge in [0.15, 0.2) is 11.2 Å². The summed E-state index contributed by atoms with van der Waals surface area (Å²) in [7, 11) is 1.65. The number of aromatic nitrogens is 4. The predicted molar refractivity (Wildman–Crippen MR) is 113 cm³/mol. The standard InChI is InChI=1S/C21H27N5O3/c1-3-25-19(28)17-18(24(2)21(25)29)23-20(22-15-7-5-4-6-8-15)26(17)13-14-9-11-16(27)12-10-14/h9-12,15,27H,3-8,13H2,1-2H3,(H,22,23). The van der Waals surface area contributed by atoms with Gasteiger partial charge in [-0.05, 0) is 37.5 Å². The fraction of sp³-hybridized carbons (Fsp3) is 0.476. The van der Waals surface area contributed by atoms with Crippen LogP contribution in [0.4, 0.5) is 5.95 Å². The van der Waals surface area contributed by atoms with Crippen LogP contribution in [-0.4, -0.2) is 29.8 Å². The fourth-order valence-corrected chi connectivity index (χ4v) is 4.13. The first kappa shape index (κ1) is 19.3. The van der Waals surface area contributed by atoms with Gasteiger partial charge >= 0.3 is 5.69 Å². The third-order valence-electron chi connectivity index (χ3n) is 5.76. The Hall–Kier alpha value is -3.03. The molecule has 0 spiro atoms. The Morgan fingerprint density at radius 3 is 2.45 bits per heavy atom. The summed E-state index contributed by atoms with van der Waals surface area (Å²) in [5, 5.41) is 13.1. The average molecular weight is 397 g/mol. The first-order chi connectivity index (χ1) is 14.0. The smallest absolute Gasteiger partial charge is 0.332 e. The van der Waals surface area contributed by atoms with E-state index in [1.54, 1.807) is 26.1 Å². The molecule has 0 atom stereocenters. The van der Waals surface area contributed by atoms with Crippen LogP contribution in [0.15, 0.2) is 33.9 Å². The van der Waals surface area contributed by atoms with E-state index in [0.717, 1.165) is 18.4 Å². The van der Waals surface area contributed by atoms with Crippen molar-refractivity contribution in [2.75, 3.05) is 5.32 Å². The number of hydrogen-bond acceptors (Lipinski definition) is 5. The molecule has 1 aromatic carbocycles. The van der Waals surface area contributed by atoms with Crippen LogP contribution in [-0.2, 0) is 20.1 Å². The summed E-state index contributed by atoms with van der Waals surface area (Å²) >= 11 is 0. The minimum Gasteiger partial charge on any atom is -0.508 e. The van der Waals surface area contributed by atoms with E-state index in [2.05, 4.69) is 10.3 Å². The SMILES string of the molecule is CCn1c(=O)c2c(nc(NC3CCCCC3)n2Cc2ccc(O)cc2)n(C)c1=O. The summed E-state index contributed by atoms with van der Waals surface area (Å²) in [6, 6.07) is 7.22. The zero-order valence-electron chi connectivity index (χ0n) is 16.9. The lowest BCUT2D eigenvalue weighted by atomic mass is 9.96. The maximum absolute atomic E-state index is 13.1. The minimum atomic E-state index is -0.358. The molecule has 1 aliphatic rings. The van der Waals surface area contributed by atoms with E-state index in [1.807, 2.05) is 16.7 Å². The first-order valence-corrected chi connectivity index (χ1v) is 10.2. The maximum atomic E-state index is 13.1. The van der Waals surface area contributed by atoms with Gasteiger partial charge in [0.1, 0.15) is 5.75 Å². The van der Waals surface area contributed by atoms with Gasteiger partial charge in [0, 0.05) is 19.6 Å². The molecule has 3 aromatic rings. The van der Waals surface area contributed by atoms with Gasteiger partial charge < -0.3 is 10.4 Å². The molecule has 8 heteroatoms. The molecule has 2 aromatic heterocycles. The highest BCUT2D eigenvalue weighted by atomic mass is 16.3. The molecule has 1 fully saturated rings. The molecule has 154 valence electrons. The van der Waals surface area contributed by atoms with Gasteiger partial charge in [0.2, 0.25) is 5.95 Å². The molecule has 4 rings (SSSR count). The van der Waals surface area contributed by atoms with Crippen molar-refractivity contribution < 1.29 is 5.11 Å². The number of nitrogens with zero attached hydrogens (tertiary/aromatic N) is 4. The molecule has 1 saturated carbocycles. The summed E-state index contributed by atoms with van der Waals surface area (Å²) in [4.78, 5) is 30.4. The summed E-state index contributed by atoms with van der Waals surface area (Å²) in [6.07, 6.45) is 5.74. The lowest BCUT2D eigenvalue weighted by molar-refractivity contribution is 0.459. The minimum absolute atomic E-state index is 0.195. The van der Waals surface area contributed by atoms with Crippen molar-refractivity contribution in [3.8, 4) is 5.75 Å². The molecule has 0 radical (unpaired) electrons. The quantitative estimate of drug-likeness (QED) is 0.690. The number of hydrogen-bond donors (Lipinski definition) is 2. The molecule has 8 nitrogen and oxygen atoms in total. The number of phenolic OH excluding ortho intramolecular Hbond substituents is 1. The van der Waals surface area contributed by atoms with Crippen molar-refractivity contribution in [3.05, 3.63) is 50.7 Å². The van der Waals surface area contributed by atoms with E-state index in [4.69, 9.17) is 0 Å². The topological polar surface area (TPSA) is 94.1 Å². The second kappa shape index (κ2) is 7.77. The highest BCUT2D eigenvalue weighted by Gasteiger charge is 2.22. The number of aromatic hydroxyl groups is 1. The van der Waals surface area contributed by atoms with Gasteiger partial charge in [-0.2, -0.15) is 4.98 Å². The fourth-order valence-electron chi connectivity index (χ4n) is 4.13. The number of fused-ring (bicyclic) bond motifs is 1. The van der Waals surface area contributed by atoms with E-state index in [0.29, 0.717) is 36.2 Å². The number of rotatable bonds is 5. The Kier molecular flexibility index (Phi) is 5.17. The summed E-state index contributed by atoms with van der Waals surface area (Å²) < 4.78 is 4.55. The zero-order chi connectivity index (χ0) is 20.5. The van der Waals surface area contributed by atoms with Crippen LogP contribution < -0.4 is 16.6 Å². The lowest BCUT2D eigenvalue weighted by Gasteiger charge is -2.23. The Bertz CT molecular complexity index is 1130. The van der Waals surface area contributed by atoms with E-state index in [9.17, 15) is 14.7 Å². The normalized spacial score (nSPS) is 15.1. The predicted octanol–water partition coefficient (Wildman–Crippen LogP) is 2.42. The van der Waals surface area contributed by atoms with Crippen molar-refractivity contribution in [2.45, 2.75) is 58.2 Å². The van der Waals surface area contributed by atoms with Crippen LogP contribution in [0.25, 0.3) is 11.2 Å². The van der Waals surface area contributed by atoms with Gasteiger partial charge in [-0.15, -0.1) is 0 Å². The highest BCUT2D eigenvalue weighted by molar-refractivity contribution is 5.74. The maximum Gasteiger partial charge on any atom is 0.332 e. The molecule has 0 unspecified atom stereocenters. The molecule has 29 heavy (non-hydrogen) atoms. The van der Waals surface area contributed by atoms with Crippen molar-refractivity contribution in [1.82, 2.24) is 18.7 Å². The zero-order valence-corrected chi connectivity index (χ0v) is 16.9. The third kappa shape index (κ3) is 3.54. The molecule has 0 saturated heterocycles. The van der Waals surface area contributed by atoms with Crippen molar-refractivity contribution in [3.63, 3.8) is 0 Å². The Labute approximate surface area is 168 Å². The largest absolute Gasteiger partial charge is 0.508 e. The number of imidazole rings is 1. The van der Waals surface area contributed by atoms with E-state index in [-0.39, 0.29) is 17.0 Å². The molecule has 2 heterocycles. The van der Waals surface area contributed by atoms with E-state index < -0.39 is 0 Å². The number of aryl methyl sites for hydroxylation is 1. The molecule has 1 aliphatic carbocycles. The van der Waals surface area contributed by atoms with Crippen molar-refractivity contribution in [1.29, 1.82) is 0 Å². The first-order valence-electron chi connectivity index (χ1n) is 10.2. The number of phenols is 1. The molecule has 0 bridgehead atoms. The Morgan fingerprint density at radius 1 is 1.10 bits per heavy atom. The monoisotopic (exact) mass is 397 g/mol. The third-order valence-corrected chi connectivity index (χ3v) is 5.76. The lowest BCUT2D eigenvalue weighted by Crippen LogP contribution is -2.39. The van der Waals surface area contributed by atoms with Crippen LogP contribution in [0, 0.1) is 0 Å². The number of anilines is 1. The van der Waals surface area contributed by atoms with Gasteiger partial charge in [0.25, 0.3) is 5.56 Å². The average Bonchev–Trinajstić information content (AvgIpc) is 3.07. The second-order valence-electron chi connectivity index (χ2n) is 7.73. The summed E-state index contributed by atoms with van der Waals surface area (Å²) in [5.41, 5.74) is 1.06. The van der Waals surface area contributed by atoms with Gasteiger partial charge in [0.05, 0.1) is 6.54 Å². The molecular formula is C21H27N5O3. The van der Waals surface area contributed by atoms with Crippen LogP contribution in [0.1, 0.15) is 44.6 Å². The summed E-state index contributed by atoms with van der Waals surface area (Å²) in [5.74, 6) is 0.807. The second-order valence-corrected chi connectivity index (χ2v) is 7.73. The van der Waals surface area contributed by atoms with Gasteiger partial charge in [-0.3, -0.25) is 18.5 Å². The van der Waals surface area contributed by atoms with E-state index in [1.165, 1.54) is 28.4 Å². The van der Waals surface area contributed by atoms with Crippen molar-refractivity contribution in [2.24, 2.45) is 7.05 Å². The van der Waals surface area contributed by atoms with Crippen LogP contribution in [0.2, 0.25) is 0 Å². The van der Waals surface area contributed by atoms with E-state index >= 15 is 0 Å². The van der Waals surface area contributed by atoms with Gasteiger partial charge in [-0.25, -0.2) is 4.79 Å².